The summed E-state index contributed by atoms with van der Waals surface area (Å²) in [6, 6.07) is 2.66. The molecule has 2 aromatic rings. The van der Waals surface area contributed by atoms with Crippen molar-refractivity contribution in [1.82, 2.24) is 4.98 Å². The van der Waals surface area contributed by atoms with Crippen LogP contribution >= 0.6 is 0 Å². The summed E-state index contributed by atoms with van der Waals surface area (Å²) in [5.74, 6) is -3.91. The SMILES string of the molecule is COC(=O)c1nc(-c2ccc(C(F)(F)F)cc2OC)c(F)cc1F. The largest absolute Gasteiger partial charge is 0.496 e. The van der Waals surface area contributed by atoms with Crippen molar-refractivity contribution in [3.05, 3.63) is 47.2 Å². The molecule has 0 fully saturated rings. The van der Waals surface area contributed by atoms with Gasteiger partial charge in [-0.15, -0.1) is 0 Å². The zero-order valence-corrected chi connectivity index (χ0v) is 12.4. The second kappa shape index (κ2) is 6.42. The molecule has 1 aromatic heterocycles. The molecule has 0 bridgehead atoms. The Morgan fingerprint density at radius 1 is 1.08 bits per heavy atom. The van der Waals surface area contributed by atoms with Crippen LogP contribution in [0.5, 0.6) is 5.75 Å². The minimum Gasteiger partial charge on any atom is -0.496 e. The molecule has 0 atom stereocenters. The fraction of sp³-hybridized carbons (Fsp3) is 0.200. The van der Waals surface area contributed by atoms with Crippen molar-refractivity contribution in [2.45, 2.75) is 6.18 Å². The second-order valence-electron chi connectivity index (χ2n) is 4.55. The number of hydrogen-bond acceptors (Lipinski definition) is 4. The molecule has 2 rings (SSSR count). The summed E-state index contributed by atoms with van der Waals surface area (Å²) in [5.41, 5.74) is -2.52. The van der Waals surface area contributed by atoms with Gasteiger partial charge in [0.2, 0.25) is 0 Å². The van der Waals surface area contributed by atoms with E-state index in [1.165, 1.54) is 0 Å². The molecular weight excluding hydrogens is 337 g/mol. The van der Waals surface area contributed by atoms with Crippen molar-refractivity contribution in [3.8, 4) is 17.0 Å². The molecule has 0 saturated carbocycles. The molecule has 1 heterocycles. The molecule has 24 heavy (non-hydrogen) atoms. The van der Waals surface area contributed by atoms with E-state index in [1.54, 1.807) is 0 Å². The Labute approximate surface area is 132 Å². The maximum absolute atomic E-state index is 14.0. The molecule has 0 unspecified atom stereocenters. The lowest BCUT2D eigenvalue weighted by Gasteiger charge is -2.13. The Morgan fingerprint density at radius 3 is 2.29 bits per heavy atom. The normalized spacial score (nSPS) is 11.3. The number of rotatable bonds is 3. The van der Waals surface area contributed by atoms with Crippen molar-refractivity contribution < 1.29 is 36.2 Å². The first-order valence-corrected chi connectivity index (χ1v) is 6.39. The molecule has 0 aliphatic heterocycles. The molecule has 0 aliphatic rings. The zero-order valence-electron chi connectivity index (χ0n) is 12.4. The summed E-state index contributed by atoms with van der Waals surface area (Å²) in [6.45, 7) is 0. The van der Waals surface area contributed by atoms with Crippen molar-refractivity contribution in [3.63, 3.8) is 0 Å². The van der Waals surface area contributed by atoms with E-state index in [0.717, 1.165) is 20.3 Å². The molecule has 0 spiro atoms. The molecule has 1 aromatic carbocycles. The molecule has 0 amide bonds. The van der Waals surface area contributed by atoms with E-state index in [-0.39, 0.29) is 11.3 Å². The van der Waals surface area contributed by atoms with Crippen LogP contribution in [-0.2, 0) is 10.9 Å². The van der Waals surface area contributed by atoms with Crippen LogP contribution in [0, 0.1) is 11.6 Å². The van der Waals surface area contributed by atoms with Gasteiger partial charge in [-0.2, -0.15) is 13.2 Å². The van der Waals surface area contributed by atoms with Crippen molar-refractivity contribution >= 4 is 5.97 Å². The van der Waals surface area contributed by atoms with Gasteiger partial charge in [0.25, 0.3) is 0 Å². The van der Waals surface area contributed by atoms with Gasteiger partial charge in [0, 0.05) is 11.6 Å². The number of nitrogens with zero attached hydrogens (tertiary/aromatic N) is 1. The van der Waals surface area contributed by atoms with Crippen LogP contribution in [0.15, 0.2) is 24.3 Å². The number of alkyl halides is 3. The topological polar surface area (TPSA) is 48.4 Å². The molecule has 128 valence electrons. The zero-order chi connectivity index (χ0) is 18.1. The summed E-state index contributed by atoms with van der Waals surface area (Å²) in [6.07, 6.45) is -4.63. The van der Waals surface area contributed by atoms with Crippen LogP contribution in [0.2, 0.25) is 0 Å². The second-order valence-corrected chi connectivity index (χ2v) is 4.55. The summed E-state index contributed by atoms with van der Waals surface area (Å²) >= 11 is 0. The highest BCUT2D eigenvalue weighted by Crippen LogP contribution is 2.37. The van der Waals surface area contributed by atoms with Crippen LogP contribution in [0.4, 0.5) is 22.0 Å². The third-order valence-electron chi connectivity index (χ3n) is 3.09. The number of hydrogen-bond donors (Lipinski definition) is 0. The molecular formula is C15H10F5NO3. The van der Waals surface area contributed by atoms with Crippen molar-refractivity contribution in [2.75, 3.05) is 14.2 Å². The molecule has 0 aliphatic carbocycles. The Bertz CT molecular complexity index is 789. The van der Waals surface area contributed by atoms with E-state index in [2.05, 4.69) is 9.72 Å². The minimum absolute atomic E-state index is 0.173. The number of pyridine rings is 1. The summed E-state index contributed by atoms with van der Waals surface area (Å²) in [5, 5.41) is 0. The van der Waals surface area contributed by atoms with Crippen LogP contribution in [0.25, 0.3) is 11.3 Å². The Kier molecular flexibility index (Phi) is 4.72. The lowest BCUT2D eigenvalue weighted by molar-refractivity contribution is -0.137. The number of aromatic nitrogens is 1. The Balaban J connectivity index is 2.65. The lowest BCUT2D eigenvalue weighted by Crippen LogP contribution is -2.10. The van der Waals surface area contributed by atoms with Gasteiger partial charge >= 0.3 is 12.1 Å². The standard InChI is InChI=1S/C15H10F5NO3/c1-23-11-5-7(15(18,19)20)3-4-8(11)12-9(16)6-10(17)13(21-12)14(22)24-2/h3-6H,1-2H3. The molecule has 0 saturated heterocycles. The highest BCUT2D eigenvalue weighted by Gasteiger charge is 2.32. The first kappa shape index (κ1) is 17.6. The number of methoxy groups -OCH3 is 2. The first-order chi connectivity index (χ1) is 11.2. The minimum atomic E-state index is -4.63. The van der Waals surface area contributed by atoms with E-state index in [0.29, 0.717) is 18.2 Å². The Morgan fingerprint density at radius 2 is 1.75 bits per heavy atom. The number of benzene rings is 1. The Hall–Kier alpha value is -2.71. The lowest BCUT2D eigenvalue weighted by atomic mass is 10.1. The average molecular weight is 347 g/mol. The summed E-state index contributed by atoms with van der Waals surface area (Å²) in [7, 11) is 2.06. The molecule has 0 N–H and O–H groups in total. The summed E-state index contributed by atoms with van der Waals surface area (Å²) in [4.78, 5) is 15.0. The third kappa shape index (κ3) is 3.29. The van der Waals surface area contributed by atoms with Gasteiger partial charge in [-0.1, -0.05) is 0 Å². The van der Waals surface area contributed by atoms with Crippen LogP contribution < -0.4 is 4.74 Å². The van der Waals surface area contributed by atoms with Gasteiger partial charge in [0.15, 0.2) is 17.3 Å². The van der Waals surface area contributed by atoms with Crippen LogP contribution in [0.3, 0.4) is 0 Å². The predicted octanol–water partition coefficient (Wildman–Crippen LogP) is 3.84. The molecule has 0 radical (unpaired) electrons. The van der Waals surface area contributed by atoms with Gasteiger partial charge in [0.05, 0.1) is 19.8 Å². The van der Waals surface area contributed by atoms with Gasteiger partial charge in [-0.05, 0) is 18.2 Å². The number of halogens is 5. The highest BCUT2D eigenvalue weighted by molar-refractivity contribution is 5.88. The number of esters is 1. The van der Waals surface area contributed by atoms with E-state index in [1.807, 2.05) is 0 Å². The van der Waals surface area contributed by atoms with E-state index in [4.69, 9.17) is 4.74 Å². The van der Waals surface area contributed by atoms with E-state index < -0.39 is 40.7 Å². The number of carbonyl (C=O) groups is 1. The van der Waals surface area contributed by atoms with E-state index >= 15 is 0 Å². The predicted molar refractivity (Wildman–Crippen MR) is 72.5 cm³/mol. The van der Waals surface area contributed by atoms with Gasteiger partial charge in [-0.25, -0.2) is 18.6 Å². The highest BCUT2D eigenvalue weighted by atomic mass is 19.4. The van der Waals surface area contributed by atoms with Crippen molar-refractivity contribution in [2.24, 2.45) is 0 Å². The maximum atomic E-state index is 14.0. The van der Waals surface area contributed by atoms with Gasteiger partial charge < -0.3 is 9.47 Å². The van der Waals surface area contributed by atoms with Crippen LogP contribution in [-0.4, -0.2) is 25.2 Å². The number of carbonyl (C=O) groups excluding carboxylic acids is 1. The van der Waals surface area contributed by atoms with Gasteiger partial charge in [-0.3, -0.25) is 0 Å². The first-order valence-electron chi connectivity index (χ1n) is 6.39. The maximum Gasteiger partial charge on any atom is 0.416 e. The summed E-state index contributed by atoms with van der Waals surface area (Å²) < 4.78 is 75.0. The monoisotopic (exact) mass is 347 g/mol. The quantitative estimate of drug-likeness (QED) is 0.625. The van der Waals surface area contributed by atoms with Crippen molar-refractivity contribution in [1.29, 1.82) is 0 Å². The third-order valence-corrected chi connectivity index (χ3v) is 3.09. The molecule has 4 nitrogen and oxygen atoms in total. The fourth-order valence-corrected chi connectivity index (χ4v) is 1.96. The van der Waals surface area contributed by atoms with E-state index in [9.17, 15) is 26.7 Å². The van der Waals surface area contributed by atoms with Gasteiger partial charge in [0.1, 0.15) is 11.4 Å². The number of ether oxygens (including phenoxy) is 2. The average Bonchev–Trinajstić information content (AvgIpc) is 2.53. The molecule has 9 heteroatoms. The fourth-order valence-electron chi connectivity index (χ4n) is 1.96. The van der Waals surface area contributed by atoms with Crippen LogP contribution in [0.1, 0.15) is 16.1 Å². The smallest absolute Gasteiger partial charge is 0.416 e.